The third-order valence-corrected chi connectivity index (χ3v) is 5.76. The molecule has 2 aliphatic rings. The van der Waals surface area contributed by atoms with Crippen molar-refractivity contribution in [2.45, 2.75) is 29.4 Å². The zero-order valence-electron chi connectivity index (χ0n) is 13.1. The van der Waals surface area contributed by atoms with Crippen LogP contribution in [0, 0.1) is 0 Å². The molecule has 6 nitrogen and oxygen atoms in total. The molecule has 2 fully saturated rings. The second-order valence-corrected chi connectivity index (χ2v) is 8.27. The van der Waals surface area contributed by atoms with Crippen molar-refractivity contribution in [3.63, 3.8) is 0 Å². The van der Waals surface area contributed by atoms with Gasteiger partial charge in [0.2, 0.25) is 10.0 Å². The average molecular weight is 379 g/mol. The van der Waals surface area contributed by atoms with E-state index in [1.54, 1.807) is 0 Å². The van der Waals surface area contributed by atoms with Gasteiger partial charge in [-0.3, -0.25) is 4.90 Å². The van der Waals surface area contributed by atoms with E-state index in [2.05, 4.69) is 4.90 Å². The molecule has 2 aliphatic heterocycles. The van der Waals surface area contributed by atoms with Crippen LogP contribution in [0.1, 0.15) is 12.8 Å². The highest BCUT2D eigenvalue weighted by molar-refractivity contribution is 7.89. The third-order valence-electron chi connectivity index (χ3n) is 4.55. The van der Waals surface area contributed by atoms with Gasteiger partial charge in [0.25, 0.3) is 0 Å². The van der Waals surface area contributed by atoms with Crippen LogP contribution in [-0.2, 0) is 14.8 Å². The van der Waals surface area contributed by atoms with E-state index in [-0.39, 0.29) is 22.3 Å². The van der Waals surface area contributed by atoms with E-state index in [0.717, 1.165) is 13.2 Å². The van der Waals surface area contributed by atoms with Gasteiger partial charge in [-0.2, -0.15) is 0 Å². The fraction of sp³-hybridized carbons (Fsp3) is 0.600. The molecule has 9 heteroatoms. The number of benzene rings is 1. The van der Waals surface area contributed by atoms with Crippen LogP contribution in [0.5, 0.6) is 5.75 Å². The number of halogens is 2. The second kappa shape index (κ2) is 6.76. The number of nitrogens with zero attached hydrogens (tertiary/aromatic N) is 1. The minimum absolute atomic E-state index is 0.0918. The first kappa shape index (κ1) is 17.9. The van der Waals surface area contributed by atoms with E-state index >= 15 is 0 Å². The predicted octanol–water partition coefficient (Wildman–Crippen LogP) is 1.57. The van der Waals surface area contributed by atoms with E-state index < -0.39 is 15.7 Å². The lowest BCUT2D eigenvalue weighted by molar-refractivity contribution is -0.0890. The molecule has 0 aliphatic carbocycles. The molecule has 0 spiro atoms. The lowest BCUT2D eigenvalue weighted by atomic mass is 9.93. The zero-order chi connectivity index (χ0) is 17.4. The molecule has 134 valence electrons. The van der Waals surface area contributed by atoms with Gasteiger partial charge in [-0.15, -0.1) is 0 Å². The van der Waals surface area contributed by atoms with Crippen molar-refractivity contribution in [3.05, 3.63) is 23.2 Å². The molecular formula is C15H20ClFN2O4S. The maximum Gasteiger partial charge on any atom is 0.238 e. The van der Waals surface area contributed by atoms with Gasteiger partial charge in [-0.25, -0.2) is 17.9 Å². The smallest absolute Gasteiger partial charge is 0.238 e. The fourth-order valence-electron chi connectivity index (χ4n) is 2.85. The first-order valence-electron chi connectivity index (χ1n) is 7.73. The summed E-state index contributed by atoms with van der Waals surface area (Å²) in [6.45, 7) is 2.68. The molecule has 3 rings (SSSR count). The van der Waals surface area contributed by atoms with Gasteiger partial charge in [0.1, 0.15) is 18.0 Å². The molecular weight excluding hydrogens is 359 g/mol. The van der Waals surface area contributed by atoms with Crippen molar-refractivity contribution in [3.8, 4) is 5.75 Å². The Hall–Kier alpha value is -0.930. The lowest BCUT2D eigenvalue weighted by Gasteiger charge is -2.43. The third kappa shape index (κ3) is 4.00. The molecule has 2 saturated heterocycles. The molecule has 0 bridgehead atoms. The number of piperidine rings is 1. The van der Waals surface area contributed by atoms with Crippen molar-refractivity contribution >= 4 is 21.6 Å². The van der Waals surface area contributed by atoms with Gasteiger partial charge in [0, 0.05) is 13.1 Å². The number of alkyl halides is 1. The number of primary sulfonamides is 1. The van der Waals surface area contributed by atoms with Crippen LogP contribution in [0.4, 0.5) is 4.39 Å². The Morgan fingerprint density at radius 1 is 1.38 bits per heavy atom. The largest absolute Gasteiger partial charge is 0.489 e. The Balaban J connectivity index is 1.57. The van der Waals surface area contributed by atoms with Gasteiger partial charge in [0.15, 0.2) is 0 Å². The number of hydrogen-bond acceptors (Lipinski definition) is 5. The molecule has 0 unspecified atom stereocenters. The minimum atomic E-state index is -3.83. The van der Waals surface area contributed by atoms with Gasteiger partial charge < -0.3 is 9.47 Å². The Labute approximate surface area is 145 Å². The van der Waals surface area contributed by atoms with Crippen LogP contribution < -0.4 is 9.88 Å². The van der Waals surface area contributed by atoms with Crippen LogP contribution in [0.15, 0.2) is 23.1 Å². The molecule has 0 aromatic heterocycles. The second-order valence-electron chi connectivity index (χ2n) is 6.30. The van der Waals surface area contributed by atoms with E-state index in [0.29, 0.717) is 32.0 Å². The molecule has 0 amide bonds. The Morgan fingerprint density at radius 3 is 2.54 bits per heavy atom. The van der Waals surface area contributed by atoms with Crippen LogP contribution >= 0.6 is 11.6 Å². The van der Waals surface area contributed by atoms with Gasteiger partial charge in [-0.05, 0) is 31.0 Å². The molecule has 2 N–H and O–H groups in total. The Bertz CT molecular complexity index is 703. The summed E-state index contributed by atoms with van der Waals surface area (Å²) >= 11 is 6.00. The lowest BCUT2D eigenvalue weighted by Crippen LogP contribution is -2.55. The van der Waals surface area contributed by atoms with Crippen molar-refractivity contribution in [1.29, 1.82) is 0 Å². The Morgan fingerprint density at radius 2 is 2.04 bits per heavy atom. The van der Waals surface area contributed by atoms with E-state index in [1.807, 2.05) is 0 Å². The molecule has 24 heavy (non-hydrogen) atoms. The minimum Gasteiger partial charge on any atom is -0.489 e. The molecule has 2 heterocycles. The molecule has 1 aromatic rings. The first-order valence-corrected chi connectivity index (χ1v) is 9.65. The standard InChI is InChI=1S/C15H20ClFN2O4S/c16-13-7-12(24(18,20)21)1-2-14(13)23-10-15(17)3-5-19(6-4-15)11-8-22-9-11/h1-2,7,11H,3-6,8-10H2,(H2,18,20,21). The number of hydrogen-bond donors (Lipinski definition) is 1. The summed E-state index contributed by atoms with van der Waals surface area (Å²) in [6, 6.07) is 4.30. The van der Waals surface area contributed by atoms with Crippen molar-refractivity contribution in [1.82, 2.24) is 4.90 Å². The normalized spacial score (nSPS) is 22.1. The monoisotopic (exact) mass is 378 g/mol. The Kier molecular flexibility index (Phi) is 5.04. The summed E-state index contributed by atoms with van der Waals surface area (Å²) in [5, 5.41) is 5.13. The number of likely N-dealkylation sites (tertiary alicyclic amines) is 1. The highest BCUT2D eigenvalue weighted by Gasteiger charge is 2.39. The molecule has 0 saturated carbocycles. The topological polar surface area (TPSA) is 81.9 Å². The summed E-state index contributed by atoms with van der Waals surface area (Å²) in [5.74, 6) is 0.246. The summed E-state index contributed by atoms with van der Waals surface area (Å²) in [5.41, 5.74) is -1.41. The first-order chi connectivity index (χ1) is 11.3. The van der Waals surface area contributed by atoms with Crippen molar-refractivity contribution in [2.75, 3.05) is 32.9 Å². The molecule has 0 radical (unpaired) electrons. The van der Waals surface area contributed by atoms with E-state index in [9.17, 15) is 12.8 Å². The zero-order valence-corrected chi connectivity index (χ0v) is 14.7. The highest BCUT2D eigenvalue weighted by atomic mass is 35.5. The van der Waals surface area contributed by atoms with Crippen molar-refractivity contribution in [2.24, 2.45) is 5.14 Å². The summed E-state index contributed by atoms with van der Waals surface area (Å²) in [6.07, 6.45) is 0.771. The quantitative estimate of drug-likeness (QED) is 0.841. The summed E-state index contributed by atoms with van der Waals surface area (Å²) in [4.78, 5) is 2.14. The summed E-state index contributed by atoms with van der Waals surface area (Å²) < 4.78 is 48.1. The number of rotatable bonds is 5. The van der Waals surface area contributed by atoms with E-state index in [4.69, 9.17) is 26.2 Å². The predicted molar refractivity (Wildman–Crippen MR) is 87.6 cm³/mol. The van der Waals surface area contributed by atoms with Crippen molar-refractivity contribution < 1.29 is 22.3 Å². The molecule has 1 aromatic carbocycles. The van der Waals surface area contributed by atoms with E-state index in [1.165, 1.54) is 18.2 Å². The fourth-order valence-corrected chi connectivity index (χ4v) is 3.69. The number of ether oxygens (including phenoxy) is 2. The average Bonchev–Trinajstić information content (AvgIpc) is 2.46. The maximum absolute atomic E-state index is 14.9. The van der Waals surface area contributed by atoms with Crippen LogP contribution in [-0.4, -0.2) is 57.9 Å². The molecule has 0 atom stereocenters. The SMILES string of the molecule is NS(=O)(=O)c1ccc(OCC2(F)CCN(C3COC3)CC2)c(Cl)c1. The van der Waals surface area contributed by atoms with Gasteiger partial charge in [-0.1, -0.05) is 11.6 Å². The van der Waals surface area contributed by atoms with Crippen LogP contribution in [0.3, 0.4) is 0 Å². The highest BCUT2D eigenvalue weighted by Crippen LogP contribution is 2.32. The van der Waals surface area contributed by atoms with Crippen LogP contribution in [0.25, 0.3) is 0 Å². The van der Waals surface area contributed by atoms with Gasteiger partial charge in [0.05, 0.1) is 29.2 Å². The maximum atomic E-state index is 14.9. The number of nitrogens with two attached hydrogens (primary N) is 1. The van der Waals surface area contributed by atoms with Crippen LogP contribution in [0.2, 0.25) is 5.02 Å². The van der Waals surface area contributed by atoms with Gasteiger partial charge >= 0.3 is 0 Å². The summed E-state index contributed by atoms with van der Waals surface area (Å²) in [7, 11) is -3.83. The number of sulfonamides is 1.